The maximum absolute atomic E-state index is 6.97. The van der Waals surface area contributed by atoms with E-state index >= 15 is 0 Å². The van der Waals surface area contributed by atoms with E-state index in [0.29, 0.717) is 0 Å². The number of hydrogen-bond acceptors (Lipinski definition) is 3. The first-order valence-electron chi connectivity index (χ1n) is 19.3. The number of nitrogens with zero attached hydrogens (tertiary/aromatic N) is 1. The normalized spacial score (nSPS) is 13.5. The summed E-state index contributed by atoms with van der Waals surface area (Å²) in [6, 6.07) is 69.5. The zero-order chi connectivity index (χ0) is 36.5. The third-order valence-electron chi connectivity index (χ3n) is 12.5. The largest absolute Gasteiger partial charge is 0.455 e. The zero-order valence-electron chi connectivity index (χ0n) is 30.2. The zero-order valence-corrected chi connectivity index (χ0v) is 31.0. The Morgan fingerprint density at radius 2 is 0.982 bits per heavy atom. The van der Waals surface area contributed by atoms with Crippen molar-refractivity contribution in [3.8, 4) is 22.3 Å². The van der Waals surface area contributed by atoms with Gasteiger partial charge in [0, 0.05) is 36.5 Å². The summed E-state index contributed by atoms with van der Waals surface area (Å²) in [5.74, 6) is 0. The van der Waals surface area contributed by atoms with Crippen LogP contribution in [0.1, 0.15) is 22.3 Å². The number of fused-ring (bicyclic) bond motifs is 18. The third kappa shape index (κ3) is 3.75. The highest BCUT2D eigenvalue weighted by atomic mass is 32.1. The van der Waals surface area contributed by atoms with Crippen LogP contribution in [-0.2, 0) is 5.41 Å². The Kier molecular flexibility index (Phi) is 6.01. The monoisotopic (exact) mass is 729 g/mol. The summed E-state index contributed by atoms with van der Waals surface area (Å²) < 4.78 is 9.43. The lowest BCUT2D eigenvalue weighted by Gasteiger charge is -2.32. The van der Waals surface area contributed by atoms with Gasteiger partial charge in [0.15, 0.2) is 0 Å². The van der Waals surface area contributed by atoms with Crippen LogP contribution >= 0.6 is 11.3 Å². The first kappa shape index (κ1) is 30.4. The van der Waals surface area contributed by atoms with Gasteiger partial charge in [-0.1, -0.05) is 158 Å². The summed E-state index contributed by atoms with van der Waals surface area (Å²) >= 11 is 1.84. The molecule has 0 atom stereocenters. The van der Waals surface area contributed by atoms with Gasteiger partial charge in [-0.15, -0.1) is 11.3 Å². The molecule has 0 saturated carbocycles. The minimum atomic E-state index is -0.452. The lowest BCUT2D eigenvalue weighted by Crippen LogP contribution is -2.26. The Bertz CT molecular complexity index is 3410. The van der Waals surface area contributed by atoms with Crippen LogP contribution in [0.5, 0.6) is 0 Å². The molecule has 2 aliphatic rings. The molecule has 11 aromatic rings. The Morgan fingerprint density at radius 1 is 0.411 bits per heavy atom. The van der Waals surface area contributed by atoms with Crippen LogP contribution in [0.3, 0.4) is 0 Å². The average Bonchev–Trinajstić information content (AvgIpc) is 3.99. The van der Waals surface area contributed by atoms with Gasteiger partial charge in [-0.25, -0.2) is 0 Å². The second kappa shape index (κ2) is 11.1. The lowest BCUT2D eigenvalue weighted by atomic mass is 9.70. The highest BCUT2D eigenvalue weighted by Gasteiger charge is 2.52. The van der Waals surface area contributed by atoms with Crippen LogP contribution in [0.25, 0.3) is 75.1 Å². The van der Waals surface area contributed by atoms with Gasteiger partial charge in [0.1, 0.15) is 11.2 Å². The van der Waals surface area contributed by atoms with Crippen molar-refractivity contribution in [3.05, 3.63) is 210 Å². The number of hydrogen-bond donors (Lipinski definition) is 0. The van der Waals surface area contributed by atoms with Crippen LogP contribution in [0.4, 0.5) is 17.1 Å². The fourth-order valence-corrected chi connectivity index (χ4v) is 11.5. The topological polar surface area (TPSA) is 16.4 Å². The molecule has 1 spiro atoms. The molecule has 0 fully saturated rings. The quantitative estimate of drug-likeness (QED) is 0.180. The average molecular weight is 730 g/mol. The van der Waals surface area contributed by atoms with Crippen molar-refractivity contribution in [2.45, 2.75) is 5.41 Å². The highest BCUT2D eigenvalue weighted by Crippen LogP contribution is 2.65. The third-order valence-corrected chi connectivity index (χ3v) is 13.6. The van der Waals surface area contributed by atoms with E-state index in [1.54, 1.807) is 0 Å². The molecule has 260 valence electrons. The molecule has 0 N–H and O–H groups in total. The molecule has 0 bridgehead atoms. The van der Waals surface area contributed by atoms with Crippen molar-refractivity contribution < 1.29 is 4.42 Å². The molecule has 13 rings (SSSR count). The fourth-order valence-electron chi connectivity index (χ4n) is 10.4. The molecule has 2 aliphatic carbocycles. The van der Waals surface area contributed by atoms with Gasteiger partial charge in [0.2, 0.25) is 0 Å². The standard InChI is InChI=1S/C53H31NOS/c1-2-17-33-32(15-1)16-13-27-43(33)54(45-31-48-51(38-22-7-12-30-47(38)56-48)52-50(45)37-21-6-11-29-46(37)55-52)44-28-14-26-42-49(44)36-20-5-10-25-41(36)53(42)39-23-8-3-18-34(39)35-19-4-9-24-40(35)53/h1-31H. The SMILES string of the molecule is c1ccc2c(c1)-c1ccccc1C21c2ccccc2-c2c(N(c3cccc4ccccc34)c3cc4sc5ccccc5c4c4oc5ccccc5c34)cccc21. The number of rotatable bonds is 3. The Balaban J connectivity index is 1.22. The van der Waals surface area contributed by atoms with Crippen molar-refractivity contribution in [2.75, 3.05) is 4.90 Å². The molecule has 0 unspecified atom stereocenters. The molecule has 2 aromatic heterocycles. The van der Waals surface area contributed by atoms with Crippen LogP contribution < -0.4 is 4.90 Å². The molecule has 0 aliphatic heterocycles. The van der Waals surface area contributed by atoms with E-state index in [1.807, 2.05) is 11.3 Å². The smallest absolute Gasteiger partial charge is 0.146 e. The van der Waals surface area contributed by atoms with E-state index in [9.17, 15) is 0 Å². The predicted molar refractivity (Wildman–Crippen MR) is 235 cm³/mol. The van der Waals surface area contributed by atoms with Gasteiger partial charge in [0.05, 0.1) is 27.9 Å². The fraction of sp³-hybridized carbons (Fsp3) is 0.0189. The molecular formula is C53H31NOS. The molecular weight excluding hydrogens is 699 g/mol. The molecule has 0 saturated heterocycles. The highest BCUT2D eigenvalue weighted by molar-refractivity contribution is 7.26. The van der Waals surface area contributed by atoms with Crippen LogP contribution in [0.15, 0.2) is 192 Å². The van der Waals surface area contributed by atoms with Gasteiger partial charge in [-0.3, -0.25) is 0 Å². The maximum atomic E-state index is 6.97. The maximum Gasteiger partial charge on any atom is 0.146 e. The van der Waals surface area contributed by atoms with E-state index in [2.05, 4.69) is 193 Å². The number of benzene rings is 9. The molecule has 0 radical (unpaired) electrons. The van der Waals surface area contributed by atoms with Crippen molar-refractivity contribution in [1.82, 2.24) is 0 Å². The Hall–Kier alpha value is -6.94. The van der Waals surface area contributed by atoms with Crippen LogP contribution in [-0.4, -0.2) is 0 Å². The van der Waals surface area contributed by atoms with E-state index in [-0.39, 0.29) is 0 Å². The van der Waals surface area contributed by atoms with E-state index < -0.39 is 5.41 Å². The van der Waals surface area contributed by atoms with Gasteiger partial charge in [0.25, 0.3) is 0 Å². The number of anilines is 3. The summed E-state index contributed by atoms with van der Waals surface area (Å²) in [5, 5.41) is 7.05. The minimum Gasteiger partial charge on any atom is -0.455 e. The minimum absolute atomic E-state index is 0.452. The molecule has 3 heteroatoms. The van der Waals surface area contributed by atoms with E-state index in [1.165, 1.54) is 75.5 Å². The summed E-state index contributed by atoms with van der Waals surface area (Å²) in [6.07, 6.45) is 0. The van der Waals surface area contributed by atoms with Gasteiger partial charge in [-0.05, 0) is 74.7 Å². The summed E-state index contributed by atoms with van der Waals surface area (Å²) in [7, 11) is 0. The lowest BCUT2D eigenvalue weighted by molar-refractivity contribution is 0.673. The molecule has 0 amide bonds. The predicted octanol–water partition coefficient (Wildman–Crippen LogP) is 14.9. The van der Waals surface area contributed by atoms with Gasteiger partial charge in [-0.2, -0.15) is 0 Å². The van der Waals surface area contributed by atoms with Crippen molar-refractivity contribution in [2.24, 2.45) is 0 Å². The molecule has 2 nitrogen and oxygen atoms in total. The van der Waals surface area contributed by atoms with E-state index in [0.717, 1.165) is 39.0 Å². The number of thiophene rings is 1. The van der Waals surface area contributed by atoms with Crippen molar-refractivity contribution >= 4 is 81.3 Å². The number of furan rings is 1. The molecule has 2 heterocycles. The summed E-state index contributed by atoms with van der Waals surface area (Å²) in [5.41, 5.74) is 15.3. The number of para-hydroxylation sites is 1. The summed E-state index contributed by atoms with van der Waals surface area (Å²) in [6.45, 7) is 0. The Labute approximate surface area is 327 Å². The molecule has 56 heavy (non-hydrogen) atoms. The van der Waals surface area contributed by atoms with Crippen LogP contribution in [0.2, 0.25) is 0 Å². The Morgan fingerprint density at radius 3 is 1.79 bits per heavy atom. The summed E-state index contributed by atoms with van der Waals surface area (Å²) in [4.78, 5) is 2.55. The van der Waals surface area contributed by atoms with Gasteiger partial charge >= 0.3 is 0 Å². The first-order valence-corrected chi connectivity index (χ1v) is 20.1. The molecule has 9 aromatic carbocycles. The van der Waals surface area contributed by atoms with Crippen LogP contribution in [0, 0.1) is 0 Å². The van der Waals surface area contributed by atoms with Crippen molar-refractivity contribution in [1.29, 1.82) is 0 Å². The van der Waals surface area contributed by atoms with Gasteiger partial charge < -0.3 is 9.32 Å². The second-order valence-electron chi connectivity index (χ2n) is 15.1. The first-order chi connectivity index (χ1) is 27.8. The van der Waals surface area contributed by atoms with Crippen molar-refractivity contribution in [3.63, 3.8) is 0 Å². The second-order valence-corrected chi connectivity index (χ2v) is 16.2. The van der Waals surface area contributed by atoms with E-state index in [4.69, 9.17) is 4.42 Å².